The predicted octanol–water partition coefficient (Wildman–Crippen LogP) is 3.16. The normalized spacial score (nSPS) is 18.9. The third-order valence-electron chi connectivity index (χ3n) is 6.69. The zero-order chi connectivity index (χ0) is 25.0. The number of hydrogen-bond donors (Lipinski definition) is 1. The minimum atomic E-state index is -0.918. The molecule has 2 aliphatic heterocycles. The highest BCUT2D eigenvalue weighted by Crippen LogP contribution is 2.33. The van der Waals surface area contributed by atoms with Gasteiger partial charge in [0.05, 0.1) is 13.2 Å². The van der Waals surface area contributed by atoms with Crippen molar-refractivity contribution in [2.45, 2.75) is 51.1 Å². The molecule has 0 radical (unpaired) electrons. The van der Waals surface area contributed by atoms with Crippen LogP contribution in [0.4, 0.5) is 5.69 Å². The SMILES string of the molecule is CC(C)(C)c1ccc(N(C(=O)C2CCCN2C#N)C(C(=O)NCC2COC2)c2cccnc2)cc1. The van der Waals surface area contributed by atoms with Crippen molar-refractivity contribution in [1.29, 1.82) is 5.26 Å². The fourth-order valence-corrected chi connectivity index (χ4v) is 4.53. The molecule has 2 unspecified atom stereocenters. The van der Waals surface area contributed by atoms with Gasteiger partial charge in [-0.25, -0.2) is 0 Å². The van der Waals surface area contributed by atoms with Crippen LogP contribution in [0.15, 0.2) is 48.8 Å². The third kappa shape index (κ3) is 5.46. The molecule has 8 nitrogen and oxygen atoms in total. The number of hydrogen-bond acceptors (Lipinski definition) is 6. The van der Waals surface area contributed by atoms with Gasteiger partial charge >= 0.3 is 0 Å². The van der Waals surface area contributed by atoms with Crippen molar-refractivity contribution >= 4 is 17.5 Å². The molecule has 8 heteroatoms. The standard InChI is InChI=1S/C27H33N5O3/c1-27(2,3)21-8-10-22(11-9-21)32(26(34)23-7-5-13-31(23)18-28)24(20-6-4-12-29-15-20)25(33)30-14-19-16-35-17-19/h4,6,8-12,15,19,23-24H,5,7,13-14,16-17H2,1-3H3,(H,30,33). The number of nitriles is 1. The van der Waals surface area contributed by atoms with Crippen LogP contribution in [-0.2, 0) is 19.7 Å². The van der Waals surface area contributed by atoms with Crippen molar-refractivity contribution in [1.82, 2.24) is 15.2 Å². The monoisotopic (exact) mass is 475 g/mol. The molecular formula is C27H33N5O3. The number of likely N-dealkylation sites (tertiary alicyclic amines) is 1. The fraction of sp³-hybridized carbons (Fsp3) is 0.481. The van der Waals surface area contributed by atoms with Crippen LogP contribution in [0.25, 0.3) is 0 Å². The summed E-state index contributed by atoms with van der Waals surface area (Å²) in [6, 6.07) is 9.82. The number of anilines is 1. The Morgan fingerprint density at radius 2 is 2.00 bits per heavy atom. The Hall–Kier alpha value is -3.44. The van der Waals surface area contributed by atoms with Crippen LogP contribution in [0, 0.1) is 17.4 Å². The van der Waals surface area contributed by atoms with Gasteiger partial charge in [0.25, 0.3) is 5.91 Å². The molecule has 2 saturated heterocycles. The number of carbonyl (C=O) groups excluding carboxylic acids is 2. The molecule has 184 valence electrons. The molecule has 0 aliphatic carbocycles. The second kappa shape index (κ2) is 10.4. The smallest absolute Gasteiger partial charge is 0.251 e. The number of amides is 2. The molecule has 2 aliphatic rings. The number of pyridine rings is 1. The van der Waals surface area contributed by atoms with E-state index in [9.17, 15) is 14.9 Å². The average molecular weight is 476 g/mol. The van der Waals surface area contributed by atoms with E-state index >= 15 is 0 Å². The summed E-state index contributed by atoms with van der Waals surface area (Å²) in [6.45, 7) is 8.64. The summed E-state index contributed by atoms with van der Waals surface area (Å²) in [5.41, 5.74) is 2.30. The summed E-state index contributed by atoms with van der Waals surface area (Å²) in [7, 11) is 0. The largest absolute Gasteiger partial charge is 0.381 e. The number of nitrogens with one attached hydrogen (secondary N) is 1. The topological polar surface area (TPSA) is 98.6 Å². The molecule has 3 heterocycles. The van der Waals surface area contributed by atoms with Gasteiger partial charge in [0.2, 0.25) is 5.91 Å². The lowest BCUT2D eigenvalue weighted by Crippen LogP contribution is -2.51. The maximum absolute atomic E-state index is 14.0. The zero-order valence-corrected chi connectivity index (χ0v) is 20.6. The van der Waals surface area contributed by atoms with Crippen LogP contribution in [0.5, 0.6) is 0 Å². The van der Waals surface area contributed by atoms with Gasteiger partial charge in [-0.1, -0.05) is 39.0 Å². The summed E-state index contributed by atoms with van der Waals surface area (Å²) in [5.74, 6) is -0.268. The lowest BCUT2D eigenvalue weighted by Gasteiger charge is -2.35. The number of rotatable bonds is 7. The van der Waals surface area contributed by atoms with Crippen molar-refractivity contribution < 1.29 is 14.3 Å². The van der Waals surface area contributed by atoms with Crippen molar-refractivity contribution in [3.05, 3.63) is 59.9 Å². The van der Waals surface area contributed by atoms with E-state index in [4.69, 9.17) is 4.74 Å². The highest BCUT2D eigenvalue weighted by Gasteiger charge is 2.40. The van der Waals surface area contributed by atoms with Gasteiger partial charge < -0.3 is 10.1 Å². The number of nitrogens with zero attached hydrogens (tertiary/aromatic N) is 4. The Kier molecular flexibility index (Phi) is 7.37. The van der Waals surface area contributed by atoms with E-state index in [0.717, 1.165) is 12.0 Å². The molecule has 2 fully saturated rings. The highest BCUT2D eigenvalue weighted by molar-refractivity contribution is 6.04. The quantitative estimate of drug-likeness (QED) is 0.618. The minimum Gasteiger partial charge on any atom is -0.381 e. The van der Waals surface area contributed by atoms with Crippen LogP contribution in [0.3, 0.4) is 0 Å². The van der Waals surface area contributed by atoms with Gasteiger partial charge in [-0.2, -0.15) is 5.26 Å². The van der Waals surface area contributed by atoms with Crippen molar-refractivity contribution in [2.24, 2.45) is 5.92 Å². The number of ether oxygens (including phenoxy) is 1. The van der Waals surface area contributed by atoms with Crippen LogP contribution >= 0.6 is 0 Å². The van der Waals surface area contributed by atoms with Crippen LogP contribution < -0.4 is 10.2 Å². The van der Waals surface area contributed by atoms with E-state index in [-0.39, 0.29) is 23.1 Å². The molecule has 0 bridgehead atoms. The second-order valence-corrected chi connectivity index (χ2v) is 10.3. The molecule has 35 heavy (non-hydrogen) atoms. The van der Waals surface area contributed by atoms with Crippen LogP contribution in [0.1, 0.15) is 50.8 Å². The summed E-state index contributed by atoms with van der Waals surface area (Å²) < 4.78 is 5.24. The molecule has 1 N–H and O–H groups in total. The van der Waals surface area contributed by atoms with Crippen LogP contribution in [0.2, 0.25) is 0 Å². The van der Waals surface area contributed by atoms with Gasteiger partial charge in [0, 0.05) is 42.7 Å². The van der Waals surface area contributed by atoms with E-state index in [0.29, 0.717) is 44.0 Å². The Morgan fingerprint density at radius 1 is 1.26 bits per heavy atom. The first kappa shape index (κ1) is 24.7. The van der Waals surface area contributed by atoms with E-state index in [1.807, 2.05) is 30.3 Å². The first-order valence-electron chi connectivity index (χ1n) is 12.1. The first-order chi connectivity index (χ1) is 16.8. The zero-order valence-electron chi connectivity index (χ0n) is 20.6. The summed E-state index contributed by atoms with van der Waals surface area (Å²) in [4.78, 5) is 35.0. The Morgan fingerprint density at radius 3 is 2.57 bits per heavy atom. The summed E-state index contributed by atoms with van der Waals surface area (Å²) >= 11 is 0. The number of aromatic nitrogens is 1. The number of carbonyl (C=O) groups is 2. The third-order valence-corrected chi connectivity index (χ3v) is 6.69. The minimum absolute atomic E-state index is 0.0542. The van der Waals surface area contributed by atoms with E-state index in [1.54, 1.807) is 23.4 Å². The van der Waals surface area contributed by atoms with Crippen molar-refractivity contribution in [3.8, 4) is 6.19 Å². The lowest BCUT2D eigenvalue weighted by atomic mass is 9.87. The van der Waals surface area contributed by atoms with E-state index in [1.165, 1.54) is 4.90 Å². The van der Waals surface area contributed by atoms with Gasteiger partial charge in [-0.05, 0) is 42.0 Å². The molecule has 2 amide bonds. The van der Waals surface area contributed by atoms with E-state index in [2.05, 4.69) is 37.3 Å². The Labute approximate surface area is 206 Å². The van der Waals surface area contributed by atoms with Gasteiger partial charge in [0.1, 0.15) is 12.1 Å². The average Bonchev–Trinajstić information content (AvgIpc) is 3.30. The van der Waals surface area contributed by atoms with Crippen molar-refractivity contribution in [2.75, 3.05) is 31.2 Å². The predicted molar refractivity (Wildman–Crippen MR) is 132 cm³/mol. The molecule has 2 atom stereocenters. The van der Waals surface area contributed by atoms with E-state index < -0.39 is 12.1 Å². The lowest BCUT2D eigenvalue weighted by molar-refractivity contribution is -0.128. The summed E-state index contributed by atoms with van der Waals surface area (Å²) in [6.07, 6.45) is 6.75. The highest BCUT2D eigenvalue weighted by atomic mass is 16.5. The fourth-order valence-electron chi connectivity index (χ4n) is 4.53. The number of benzene rings is 1. The molecule has 0 spiro atoms. The molecular weight excluding hydrogens is 442 g/mol. The maximum atomic E-state index is 14.0. The second-order valence-electron chi connectivity index (χ2n) is 10.3. The van der Waals surface area contributed by atoms with Crippen molar-refractivity contribution in [3.63, 3.8) is 0 Å². The summed E-state index contributed by atoms with van der Waals surface area (Å²) in [5, 5.41) is 12.6. The maximum Gasteiger partial charge on any atom is 0.251 e. The van der Waals surface area contributed by atoms with Gasteiger partial charge in [-0.15, -0.1) is 0 Å². The van der Waals surface area contributed by atoms with Crippen LogP contribution in [-0.4, -0.2) is 54.0 Å². The molecule has 0 saturated carbocycles. The molecule has 4 rings (SSSR count). The van der Waals surface area contributed by atoms with Gasteiger partial charge in [-0.3, -0.25) is 24.4 Å². The Bertz CT molecular complexity index is 1070. The molecule has 1 aromatic carbocycles. The molecule has 1 aromatic heterocycles. The first-order valence-corrected chi connectivity index (χ1v) is 12.1. The molecule has 2 aromatic rings. The van der Waals surface area contributed by atoms with Gasteiger partial charge in [0.15, 0.2) is 6.19 Å². The Balaban J connectivity index is 1.75.